The molecule has 0 aliphatic heterocycles. The van der Waals surface area contributed by atoms with Gasteiger partial charge in [-0.3, -0.25) is 0 Å². The van der Waals surface area contributed by atoms with Gasteiger partial charge < -0.3 is 4.57 Å². The van der Waals surface area contributed by atoms with Gasteiger partial charge in [-0.25, -0.2) is 18.1 Å². The van der Waals surface area contributed by atoms with Gasteiger partial charge in [0.25, 0.3) is 10.0 Å². The van der Waals surface area contributed by atoms with Crippen molar-refractivity contribution in [2.45, 2.75) is 18.4 Å². The van der Waals surface area contributed by atoms with Crippen molar-refractivity contribution in [3.8, 4) is 0 Å². The number of aryl methyl sites for hydroxylation is 1. The average Bonchev–Trinajstić information content (AvgIpc) is 2.45. The number of halogens is 1. The van der Waals surface area contributed by atoms with E-state index in [1.54, 1.807) is 7.05 Å². The van der Waals surface area contributed by atoms with Gasteiger partial charge in [-0.05, 0) is 6.42 Å². The highest BCUT2D eigenvalue weighted by molar-refractivity contribution is 7.89. The smallest absolute Gasteiger partial charge is 0.261 e. The SMILES string of the molecule is CCCNS(=O)(=O)c1ncn(C)c1Cl. The predicted octanol–water partition coefficient (Wildman–Crippen LogP) is 0.762. The van der Waals surface area contributed by atoms with E-state index in [1.807, 2.05) is 6.92 Å². The van der Waals surface area contributed by atoms with Crippen LogP contribution in [0.25, 0.3) is 0 Å². The quantitative estimate of drug-likeness (QED) is 0.841. The Labute approximate surface area is 88.1 Å². The van der Waals surface area contributed by atoms with Crippen molar-refractivity contribution in [1.29, 1.82) is 0 Å². The summed E-state index contributed by atoms with van der Waals surface area (Å²) >= 11 is 5.75. The minimum atomic E-state index is -3.55. The van der Waals surface area contributed by atoms with Crippen LogP contribution in [0.3, 0.4) is 0 Å². The molecule has 1 rings (SSSR count). The summed E-state index contributed by atoms with van der Waals surface area (Å²) < 4.78 is 26.9. The molecule has 0 aliphatic carbocycles. The number of aromatic nitrogens is 2. The number of nitrogens with one attached hydrogen (secondary N) is 1. The summed E-state index contributed by atoms with van der Waals surface area (Å²) in [6, 6.07) is 0. The zero-order valence-corrected chi connectivity index (χ0v) is 9.56. The largest absolute Gasteiger partial charge is 0.324 e. The Balaban J connectivity index is 2.99. The second kappa shape index (κ2) is 4.29. The van der Waals surface area contributed by atoms with E-state index in [1.165, 1.54) is 10.9 Å². The van der Waals surface area contributed by atoms with Gasteiger partial charge in [-0.1, -0.05) is 18.5 Å². The Morgan fingerprint density at radius 2 is 2.29 bits per heavy atom. The normalized spacial score (nSPS) is 11.9. The first-order chi connectivity index (χ1) is 6.49. The topological polar surface area (TPSA) is 64.0 Å². The first-order valence-corrected chi connectivity index (χ1v) is 6.01. The van der Waals surface area contributed by atoms with Gasteiger partial charge in [-0.15, -0.1) is 0 Å². The lowest BCUT2D eigenvalue weighted by atomic mass is 10.5. The van der Waals surface area contributed by atoms with E-state index in [-0.39, 0.29) is 10.2 Å². The second-order valence-corrected chi connectivity index (χ2v) is 4.89. The van der Waals surface area contributed by atoms with Crippen LogP contribution in [0.1, 0.15) is 13.3 Å². The summed E-state index contributed by atoms with van der Waals surface area (Å²) in [6.45, 7) is 2.26. The molecule has 14 heavy (non-hydrogen) atoms. The van der Waals surface area contributed by atoms with E-state index in [0.717, 1.165) is 6.42 Å². The van der Waals surface area contributed by atoms with Crippen LogP contribution in [0.5, 0.6) is 0 Å². The maximum Gasteiger partial charge on any atom is 0.261 e. The highest BCUT2D eigenvalue weighted by Gasteiger charge is 2.21. The molecule has 80 valence electrons. The molecule has 0 amide bonds. The third-order valence-corrected chi connectivity index (χ3v) is 3.58. The minimum Gasteiger partial charge on any atom is -0.324 e. The molecular weight excluding hydrogens is 226 g/mol. The van der Waals surface area contributed by atoms with Crippen LogP contribution in [0.4, 0.5) is 0 Å². The lowest BCUT2D eigenvalue weighted by molar-refractivity contribution is 0.577. The van der Waals surface area contributed by atoms with Crippen molar-refractivity contribution in [3.63, 3.8) is 0 Å². The molecule has 0 fully saturated rings. The molecular formula is C7H12ClN3O2S. The standard InChI is InChI=1S/C7H12ClN3O2S/c1-3-4-10-14(12,13)7-6(8)11(2)5-9-7/h5,10H,3-4H2,1-2H3. The Morgan fingerprint density at radius 1 is 1.64 bits per heavy atom. The molecule has 0 unspecified atom stereocenters. The van der Waals surface area contributed by atoms with Gasteiger partial charge in [0.05, 0.1) is 6.33 Å². The van der Waals surface area contributed by atoms with E-state index in [9.17, 15) is 8.42 Å². The van der Waals surface area contributed by atoms with Crippen LogP contribution in [0.2, 0.25) is 5.15 Å². The van der Waals surface area contributed by atoms with Crippen molar-refractivity contribution < 1.29 is 8.42 Å². The Bertz CT molecular complexity index is 413. The molecule has 0 aromatic carbocycles. The lowest BCUT2D eigenvalue weighted by Gasteiger charge is -2.02. The van der Waals surface area contributed by atoms with Crippen LogP contribution in [-0.4, -0.2) is 24.5 Å². The number of rotatable bonds is 4. The fourth-order valence-electron chi connectivity index (χ4n) is 0.879. The van der Waals surface area contributed by atoms with Crippen LogP contribution in [0.15, 0.2) is 11.4 Å². The van der Waals surface area contributed by atoms with E-state index >= 15 is 0 Å². The molecule has 7 heteroatoms. The number of hydrogen-bond donors (Lipinski definition) is 1. The van der Waals surface area contributed by atoms with Crippen molar-refractivity contribution in [2.75, 3.05) is 6.54 Å². The van der Waals surface area contributed by atoms with Gasteiger partial charge >= 0.3 is 0 Å². The Kier molecular flexibility index (Phi) is 3.52. The number of sulfonamides is 1. The lowest BCUT2D eigenvalue weighted by Crippen LogP contribution is -2.25. The van der Waals surface area contributed by atoms with Gasteiger partial charge in [0, 0.05) is 13.6 Å². The summed E-state index contributed by atoms with van der Waals surface area (Å²) in [5, 5.41) is 0.00344. The predicted molar refractivity (Wildman–Crippen MR) is 53.7 cm³/mol. The van der Waals surface area contributed by atoms with Crippen LogP contribution in [0, 0.1) is 0 Å². The van der Waals surface area contributed by atoms with Gasteiger partial charge in [-0.2, -0.15) is 0 Å². The van der Waals surface area contributed by atoms with Gasteiger partial charge in [0.2, 0.25) is 5.03 Å². The fraction of sp³-hybridized carbons (Fsp3) is 0.571. The first kappa shape index (κ1) is 11.5. The molecule has 1 aromatic heterocycles. The highest BCUT2D eigenvalue weighted by Crippen LogP contribution is 2.17. The molecule has 0 saturated carbocycles. The first-order valence-electron chi connectivity index (χ1n) is 4.15. The zero-order chi connectivity index (χ0) is 10.8. The highest BCUT2D eigenvalue weighted by atomic mass is 35.5. The van der Waals surface area contributed by atoms with Crippen molar-refractivity contribution >= 4 is 21.6 Å². The van der Waals surface area contributed by atoms with Crippen molar-refractivity contribution in [3.05, 3.63) is 11.5 Å². The molecule has 5 nitrogen and oxygen atoms in total. The summed E-state index contributed by atoms with van der Waals surface area (Å²) in [5.74, 6) is 0. The second-order valence-electron chi connectivity index (χ2n) is 2.85. The minimum absolute atomic E-state index is 0.116. The number of hydrogen-bond acceptors (Lipinski definition) is 3. The average molecular weight is 238 g/mol. The maximum absolute atomic E-state index is 11.6. The third-order valence-electron chi connectivity index (χ3n) is 1.63. The Hall–Kier alpha value is -0.590. The fourth-order valence-corrected chi connectivity index (χ4v) is 2.44. The molecule has 0 saturated heterocycles. The molecule has 0 aliphatic rings. The van der Waals surface area contributed by atoms with Crippen molar-refractivity contribution in [1.82, 2.24) is 14.3 Å². The van der Waals surface area contributed by atoms with Crippen LogP contribution < -0.4 is 4.72 Å². The summed E-state index contributed by atoms with van der Waals surface area (Å²) in [5.41, 5.74) is 0. The van der Waals surface area contributed by atoms with E-state index < -0.39 is 10.0 Å². The van der Waals surface area contributed by atoms with Crippen molar-refractivity contribution in [2.24, 2.45) is 7.05 Å². The van der Waals surface area contributed by atoms with Crippen LogP contribution >= 0.6 is 11.6 Å². The number of nitrogens with zero attached hydrogens (tertiary/aromatic N) is 2. The molecule has 0 atom stereocenters. The molecule has 0 radical (unpaired) electrons. The molecule has 0 spiro atoms. The molecule has 1 heterocycles. The summed E-state index contributed by atoms with van der Waals surface area (Å²) in [4.78, 5) is 3.72. The monoisotopic (exact) mass is 237 g/mol. The molecule has 0 bridgehead atoms. The summed E-state index contributed by atoms with van der Waals surface area (Å²) in [6.07, 6.45) is 2.09. The van der Waals surface area contributed by atoms with Crippen LogP contribution in [-0.2, 0) is 17.1 Å². The van der Waals surface area contributed by atoms with E-state index in [2.05, 4.69) is 9.71 Å². The maximum atomic E-state index is 11.6. The van der Waals surface area contributed by atoms with Gasteiger partial charge in [0.15, 0.2) is 0 Å². The van der Waals surface area contributed by atoms with E-state index in [0.29, 0.717) is 6.54 Å². The third kappa shape index (κ3) is 2.26. The van der Waals surface area contributed by atoms with Gasteiger partial charge in [0.1, 0.15) is 5.15 Å². The van der Waals surface area contributed by atoms with E-state index in [4.69, 9.17) is 11.6 Å². The molecule has 1 aromatic rings. The molecule has 1 N–H and O–H groups in total. The zero-order valence-electron chi connectivity index (χ0n) is 7.99. The number of imidazole rings is 1. The summed E-state index contributed by atoms with van der Waals surface area (Å²) in [7, 11) is -1.91. The Morgan fingerprint density at radius 3 is 2.71 bits per heavy atom.